The van der Waals surface area contributed by atoms with Gasteiger partial charge in [0.05, 0.1) is 17.9 Å². The Balaban J connectivity index is 2.08. The van der Waals surface area contributed by atoms with Crippen LogP contribution >= 0.6 is 0 Å². The Labute approximate surface area is 181 Å². The van der Waals surface area contributed by atoms with E-state index >= 15 is 0 Å². The quantitative estimate of drug-likeness (QED) is 0.736. The molecule has 2 N–H and O–H groups in total. The number of carbonyl (C=O) groups is 2. The fourth-order valence-electron chi connectivity index (χ4n) is 4.22. The minimum absolute atomic E-state index is 0.0960. The zero-order valence-corrected chi connectivity index (χ0v) is 18.0. The molecule has 31 heavy (non-hydrogen) atoms. The Hall–Kier alpha value is -3.28. The monoisotopic (exact) mass is 422 g/mol. The van der Waals surface area contributed by atoms with Crippen LogP contribution in [0.25, 0.3) is 6.08 Å². The maximum atomic E-state index is 13.2. The van der Waals surface area contributed by atoms with Crippen LogP contribution in [-0.4, -0.2) is 33.7 Å². The summed E-state index contributed by atoms with van der Waals surface area (Å²) in [5, 5.41) is 20.7. The van der Waals surface area contributed by atoms with Gasteiger partial charge < -0.3 is 19.7 Å². The fourth-order valence-corrected chi connectivity index (χ4v) is 4.22. The predicted molar refractivity (Wildman–Crippen MR) is 116 cm³/mol. The molecule has 0 aliphatic carbocycles. The molecule has 162 valence electrons. The van der Waals surface area contributed by atoms with Gasteiger partial charge in [-0.15, -0.1) is 0 Å². The molecule has 0 aromatic heterocycles. The molecule has 0 saturated heterocycles. The summed E-state index contributed by atoms with van der Waals surface area (Å²) >= 11 is 0. The number of aliphatic carboxylic acids is 1. The fraction of sp³-hybridized carbons (Fsp3) is 0.360. The first-order valence-electron chi connectivity index (χ1n) is 10.4. The molecule has 0 radical (unpaired) electrons. The first-order chi connectivity index (χ1) is 14.6. The van der Waals surface area contributed by atoms with Crippen LogP contribution in [-0.2, 0) is 4.79 Å². The molecule has 0 fully saturated rings. The van der Waals surface area contributed by atoms with Crippen molar-refractivity contribution < 1.29 is 29.3 Å². The van der Waals surface area contributed by atoms with E-state index in [1.54, 1.807) is 26.0 Å². The number of ketones is 1. The molecule has 6 nitrogen and oxygen atoms in total. The minimum atomic E-state index is -0.987. The van der Waals surface area contributed by atoms with E-state index in [9.17, 15) is 19.8 Å². The van der Waals surface area contributed by atoms with Crippen molar-refractivity contribution in [2.24, 2.45) is 5.92 Å². The SMILES string of the molecule is CC1Oc2c(c(O)c3c(c2C(CC(=O)O)c2ccccc2)OC(C)(C)C=C3)C(=O)C1C. The second-order valence-electron chi connectivity index (χ2n) is 8.79. The lowest BCUT2D eigenvalue weighted by atomic mass is 9.80. The summed E-state index contributed by atoms with van der Waals surface area (Å²) in [6, 6.07) is 9.23. The van der Waals surface area contributed by atoms with Crippen molar-refractivity contribution in [2.45, 2.75) is 51.7 Å². The number of phenolic OH excluding ortho intramolecular Hbond substituents is 1. The number of hydrogen-bond acceptors (Lipinski definition) is 5. The van der Waals surface area contributed by atoms with E-state index in [1.165, 1.54) is 0 Å². The summed E-state index contributed by atoms with van der Waals surface area (Å²) in [4.78, 5) is 25.0. The molecule has 0 amide bonds. The largest absolute Gasteiger partial charge is 0.506 e. The average Bonchev–Trinajstić information content (AvgIpc) is 2.70. The molecular formula is C25H26O6. The summed E-state index contributed by atoms with van der Waals surface area (Å²) in [5.41, 5.74) is 1.04. The van der Waals surface area contributed by atoms with E-state index < -0.39 is 29.5 Å². The van der Waals surface area contributed by atoms with Crippen molar-refractivity contribution in [3.8, 4) is 17.2 Å². The molecule has 0 spiro atoms. The zero-order chi connectivity index (χ0) is 22.5. The molecule has 2 aromatic carbocycles. The topological polar surface area (TPSA) is 93.1 Å². The van der Waals surface area contributed by atoms with E-state index in [0.717, 1.165) is 5.56 Å². The van der Waals surface area contributed by atoms with E-state index in [2.05, 4.69) is 0 Å². The summed E-state index contributed by atoms with van der Waals surface area (Å²) in [6.45, 7) is 7.30. The number of phenols is 1. The van der Waals surface area contributed by atoms with Gasteiger partial charge in [-0.1, -0.05) is 37.3 Å². The number of carboxylic acids is 1. The third kappa shape index (κ3) is 3.56. The molecule has 4 rings (SSSR count). The van der Waals surface area contributed by atoms with Crippen LogP contribution in [0, 0.1) is 5.92 Å². The molecule has 0 saturated carbocycles. The molecular weight excluding hydrogens is 396 g/mol. The smallest absolute Gasteiger partial charge is 0.304 e. The van der Waals surface area contributed by atoms with Gasteiger partial charge in [0, 0.05) is 11.5 Å². The van der Waals surface area contributed by atoms with E-state index in [4.69, 9.17) is 9.47 Å². The molecule has 2 heterocycles. The second kappa shape index (κ2) is 7.45. The summed E-state index contributed by atoms with van der Waals surface area (Å²) in [6.07, 6.45) is 2.89. The number of Topliss-reactive ketones (excluding diaryl/α,β-unsaturated/α-hetero) is 1. The van der Waals surface area contributed by atoms with Gasteiger partial charge in [-0.25, -0.2) is 0 Å². The molecule has 3 unspecified atom stereocenters. The Kier molecular flexibility index (Phi) is 5.04. The third-order valence-corrected chi connectivity index (χ3v) is 6.07. The average molecular weight is 422 g/mol. The van der Waals surface area contributed by atoms with Gasteiger partial charge in [0.25, 0.3) is 0 Å². The van der Waals surface area contributed by atoms with Crippen molar-refractivity contribution in [1.29, 1.82) is 0 Å². The van der Waals surface area contributed by atoms with Crippen molar-refractivity contribution in [2.75, 3.05) is 0 Å². The van der Waals surface area contributed by atoms with Crippen LogP contribution in [0.4, 0.5) is 0 Å². The van der Waals surface area contributed by atoms with E-state index in [0.29, 0.717) is 16.9 Å². The highest BCUT2D eigenvalue weighted by Gasteiger charge is 2.42. The van der Waals surface area contributed by atoms with Gasteiger partial charge in [0.2, 0.25) is 0 Å². The van der Waals surface area contributed by atoms with E-state index in [-0.39, 0.29) is 29.3 Å². The highest BCUT2D eigenvalue weighted by Crippen LogP contribution is 2.54. The number of fused-ring (bicyclic) bond motifs is 2. The maximum Gasteiger partial charge on any atom is 0.304 e. The first kappa shape index (κ1) is 21.0. The van der Waals surface area contributed by atoms with Crippen LogP contribution in [0.3, 0.4) is 0 Å². The standard InChI is InChI=1S/C25H26O6/c1-13-14(2)30-24-19(17(12-18(26)27)15-8-6-5-7-9-15)23-16(10-11-25(3,4)31-23)22(29)20(24)21(13)28/h5-11,13-14,17,29H,12H2,1-4H3,(H,26,27). The lowest BCUT2D eigenvalue weighted by Crippen LogP contribution is -2.36. The highest BCUT2D eigenvalue weighted by molar-refractivity contribution is 6.06. The highest BCUT2D eigenvalue weighted by atomic mass is 16.5. The van der Waals surface area contributed by atoms with Crippen LogP contribution in [0.15, 0.2) is 36.4 Å². The van der Waals surface area contributed by atoms with Gasteiger partial charge in [-0.3, -0.25) is 9.59 Å². The molecule has 2 aromatic rings. The number of aromatic hydroxyl groups is 1. The molecule has 6 heteroatoms. The van der Waals surface area contributed by atoms with Crippen LogP contribution in [0.5, 0.6) is 17.2 Å². The van der Waals surface area contributed by atoms with Crippen molar-refractivity contribution in [1.82, 2.24) is 0 Å². The summed E-state index contributed by atoms with van der Waals surface area (Å²) in [7, 11) is 0. The van der Waals surface area contributed by atoms with Crippen molar-refractivity contribution in [3.63, 3.8) is 0 Å². The van der Waals surface area contributed by atoms with Crippen LogP contribution in [0.1, 0.15) is 67.1 Å². The van der Waals surface area contributed by atoms with Crippen LogP contribution in [0.2, 0.25) is 0 Å². The van der Waals surface area contributed by atoms with Crippen LogP contribution < -0.4 is 9.47 Å². The number of rotatable bonds is 4. The number of hydrogen-bond donors (Lipinski definition) is 2. The van der Waals surface area contributed by atoms with Crippen molar-refractivity contribution in [3.05, 3.63) is 58.7 Å². The zero-order valence-electron chi connectivity index (χ0n) is 18.0. The van der Waals surface area contributed by atoms with E-state index in [1.807, 2.05) is 44.2 Å². The Bertz CT molecular complexity index is 1080. The Morgan fingerprint density at radius 3 is 2.48 bits per heavy atom. The molecule has 2 aliphatic rings. The van der Waals surface area contributed by atoms with Gasteiger partial charge in [-0.2, -0.15) is 0 Å². The van der Waals surface area contributed by atoms with Gasteiger partial charge >= 0.3 is 5.97 Å². The summed E-state index contributed by atoms with van der Waals surface area (Å²) in [5.74, 6) is -1.90. The second-order valence-corrected chi connectivity index (χ2v) is 8.79. The lowest BCUT2D eigenvalue weighted by Gasteiger charge is -2.37. The van der Waals surface area contributed by atoms with Gasteiger partial charge in [-0.05, 0) is 38.5 Å². The molecule has 0 bridgehead atoms. The first-order valence-corrected chi connectivity index (χ1v) is 10.4. The number of benzene rings is 2. The molecule has 2 aliphatic heterocycles. The predicted octanol–water partition coefficient (Wildman–Crippen LogP) is 4.78. The Morgan fingerprint density at radius 1 is 1.16 bits per heavy atom. The molecule has 3 atom stereocenters. The van der Waals surface area contributed by atoms with Gasteiger partial charge in [0.1, 0.15) is 34.5 Å². The lowest BCUT2D eigenvalue weighted by molar-refractivity contribution is -0.137. The number of carbonyl (C=O) groups excluding carboxylic acids is 1. The van der Waals surface area contributed by atoms with Crippen molar-refractivity contribution >= 4 is 17.8 Å². The minimum Gasteiger partial charge on any atom is -0.506 e. The van der Waals surface area contributed by atoms with Gasteiger partial charge in [0.15, 0.2) is 5.78 Å². The Morgan fingerprint density at radius 2 is 1.84 bits per heavy atom. The normalized spacial score (nSPS) is 22.0. The number of ether oxygens (including phenoxy) is 2. The maximum absolute atomic E-state index is 13.2. The number of carboxylic acid groups (broad SMARTS) is 1. The summed E-state index contributed by atoms with van der Waals surface area (Å²) < 4.78 is 12.4. The third-order valence-electron chi connectivity index (χ3n) is 6.07.